The summed E-state index contributed by atoms with van der Waals surface area (Å²) >= 11 is 0. The number of benzene rings is 6. The number of rotatable bonds is 5. The Kier molecular flexibility index (Phi) is 5.33. The highest BCUT2D eigenvalue weighted by Gasteiger charge is 2.14. The second-order valence-corrected chi connectivity index (χ2v) is 9.65. The van der Waals surface area contributed by atoms with Crippen LogP contribution in [0, 0.1) is 0 Å². The molecule has 0 aliphatic carbocycles. The summed E-state index contributed by atoms with van der Waals surface area (Å²) in [6, 6.07) is 46.4. The molecule has 0 fully saturated rings. The first kappa shape index (κ1) is 22.2. The molecule has 38 heavy (non-hydrogen) atoms. The minimum absolute atomic E-state index is 0.731. The summed E-state index contributed by atoms with van der Waals surface area (Å²) in [5, 5.41) is 4.61. The first-order valence-corrected chi connectivity index (χ1v) is 12.8. The molecule has 2 N–H and O–H groups in total. The number of para-hydroxylation sites is 2. The number of nitrogens with two attached hydrogens (primary N) is 1. The summed E-state index contributed by atoms with van der Waals surface area (Å²) in [5.74, 6) is 0. The molecule has 0 bridgehead atoms. The molecular formula is C35H26N2O. The Morgan fingerprint density at radius 1 is 0.579 bits per heavy atom. The van der Waals surface area contributed by atoms with E-state index in [0.29, 0.717) is 0 Å². The van der Waals surface area contributed by atoms with Crippen molar-refractivity contribution < 1.29 is 4.42 Å². The molecule has 7 rings (SSSR count). The van der Waals surface area contributed by atoms with E-state index in [2.05, 4.69) is 114 Å². The van der Waals surface area contributed by atoms with E-state index in [-0.39, 0.29) is 0 Å². The molecule has 0 radical (unpaired) electrons. The fourth-order valence-electron chi connectivity index (χ4n) is 5.33. The lowest BCUT2D eigenvalue weighted by molar-refractivity contribution is 0.672. The van der Waals surface area contributed by atoms with Gasteiger partial charge in [0.05, 0.1) is 11.4 Å². The van der Waals surface area contributed by atoms with Crippen LogP contribution in [0.5, 0.6) is 0 Å². The summed E-state index contributed by atoms with van der Waals surface area (Å²) < 4.78 is 6.31. The van der Waals surface area contributed by atoms with Crippen molar-refractivity contribution in [2.45, 2.75) is 6.54 Å². The molecule has 6 aromatic carbocycles. The van der Waals surface area contributed by atoms with Crippen LogP contribution in [0.4, 0.5) is 17.1 Å². The van der Waals surface area contributed by atoms with Crippen LogP contribution in [-0.2, 0) is 6.54 Å². The Hall–Kier alpha value is -5.02. The highest BCUT2D eigenvalue weighted by Crippen LogP contribution is 2.37. The Morgan fingerprint density at radius 2 is 1.32 bits per heavy atom. The third-order valence-electron chi connectivity index (χ3n) is 7.28. The summed E-state index contributed by atoms with van der Waals surface area (Å²) in [4.78, 5) is 2.27. The lowest BCUT2D eigenvalue weighted by atomic mass is 10.0. The highest BCUT2D eigenvalue weighted by molar-refractivity contribution is 6.15. The predicted octanol–water partition coefficient (Wildman–Crippen LogP) is 9.33. The van der Waals surface area contributed by atoms with Crippen LogP contribution < -0.4 is 10.6 Å². The highest BCUT2D eigenvalue weighted by atomic mass is 16.3. The van der Waals surface area contributed by atoms with Crippen LogP contribution in [-0.4, -0.2) is 0 Å². The SMILES string of the molecule is Nc1ccccc1N(Cc1ccccc1)c1ccc(-c2ccc3oc4c5ccccc5ccc4c3c2)cc1. The molecule has 0 aliphatic heterocycles. The van der Waals surface area contributed by atoms with E-state index in [4.69, 9.17) is 10.2 Å². The van der Waals surface area contributed by atoms with Gasteiger partial charge in [-0.15, -0.1) is 0 Å². The number of nitrogens with zero attached hydrogens (tertiary/aromatic N) is 1. The fourth-order valence-corrected chi connectivity index (χ4v) is 5.33. The molecule has 0 saturated carbocycles. The van der Waals surface area contributed by atoms with Gasteiger partial charge in [-0.1, -0.05) is 91.0 Å². The van der Waals surface area contributed by atoms with Crippen LogP contribution in [0.2, 0.25) is 0 Å². The van der Waals surface area contributed by atoms with Gasteiger partial charge < -0.3 is 15.1 Å². The van der Waals surface area contributed by atoms with Gasteiger partial charge in [0, 0.05) is 28.4 Å². The molecule has 1 aromatic heterocycles. The minimum Gasteiger partial charge on any atom is -0.455 e. The van der Waals surface area contributed by atoms with Crippen molar-refractivity contribution in [3.8, 4) is 11.1 Å². The molecule has 1 heterocycles. The van der Waals surface area contributed by atoms with Gasteiger partial charge in [0.2, 0.25) is 0 Å². The molecule has 0 saturated heterocycles. The quantitative estimate of drug-likeness (QED) is 0.244. The molecule has 3 nitrogen and oxygen atoms in total. The molecule has 0 unspecified atom stereocenters. The van der Waals surface area contributed by atoms with Gasteiger partial charge in [0.15, 0.2) is 0 Å². The second kappa shape index (κ2) is 9.13. The van der Waals surface area contributed by atoms with Crippen LogP contribution >= 0.6 is 0 Å². The zero-order chi connectivity index (χ0) is 25.5. The number of hydrogen-bond donors (Lipinski definition) is 1. The van der Waals surface area contributed by atoms with Gasteiger partial charge in [-0.25, -0.2) is 0 Å². The predicted molar refractivity (Wildman–Crippen MR) is 160 cm³/mol. The number of hydrogen-bond acceptors (Lipinski definition) is 3. The standard InChI is InChI=1S/C35H26N2O/c36-32-12-6-7-13-33(32)37(23-24-8-2-1-3-9-24)28-18-14-25(15-19-28)27-17-21-34-31(22-27)30-20-16-26-10-4-5-11-29(26)35(30)38-34/h1-22H,23,36H2. The van der Waals surface area contributed by atoms with Gasteiger partial charge in [-0.2, -0.15) is 0 Å². The van der Waals surface area contributed by atoms with E-state index in [0.717, 1.165) is 62.1 Å². The number of anilines is 3. The largest absolute Gasteiger partial charge is 0.455 e. The fraction of sp³-hybridized carbons (Fsp3) is 0.0286. The number of furan rings is 1. The lowest BCUT2D eigenvalue weighted by Gasteiger charge is -2.27. The van der Waals surface area contributed by atoms with Crippen LogP contribution in [0.3, 0.4) is 0 Å². The topological polar surface area (TPSA) is 42.4 Å². The van der Waals surface area contributed by atoms with E-state index in [1.807, 2.05) is 24.3 Å². The van der Waals surface area contributed by atoms with E-state index in [1.165, 1.54) is 10.9 Å². The van der Waals surface area contributed by atoms with E-state index in [1.54, 1.807) is 0 Å². The van der Waals surface area contributed by atoms with Crippen molar-refractivity contribution in [3.63, 3.8) is 0 Å². The van der Waals surface area contributed by atoms with Crippen molar-refractivity contribution in [2.75, 3.05) is 10.6 Å². The van der Waals surface area contributed by atoms with E-state index in [9.17, 15) is 0 Å². The minimum atomic E-state index is 0.731. The monoisotopic (exact) mass is 490 g/mol. The Balaban J connectivity index is 1.28. The Labute approximate surface area is 221 Å². The van der Waals surface area contributed by atoms with Crippen molar-refractivity contribution in [2.24, 2.45) is 0 Å². The zero-order valence-electron chi connectivity index (χ0n) is 20.8. The lowest BCUT2D eigenvalue weighted by Crippen LogP contribution is -2.17. The third kappa shape index (κ3) is 3.86. The van der Waals surface area contributed by atoms with E-state index < -0.39 is 0 Å². The number of fused-ring (bicyclic) bond motifs is 5. The molecule has 182 valence electrons. The van der Waals surface area contributed by atoms with E-state index >= 15 is 0 Å². The Bertz CT molecular complexity index is 1900. The molecule has 0 amide bonds. The van der Waals surface area contributed by atoms with Gasteiger partial charge in [-0.05, 0) is 64.5 Å². The van der Waals surface area contributed by atoms with Crippen LogP contribution in [0.1, 0.15) is 5.56 Å². The summed E-state index contributed by atoms with van der Waals surface area (Å²) in [6.07, 6.45) is 0. The smallest absolute Gasteiger partial charge is 0.143 e. The van der Waals surface area contributed by atoms with Gasteiger partial charge in [0.25, 0.3) is 0 Å². The third-order valence-corrected chi connectivity index (χ3v) is 7.28. The van der Waals surface area contributed by atoms with Crippen LogP contribution in [0.15, 0.2) is 138 Å². The van der Waals surface area contributed by atoms with Gasteiger partial charge in [0.1, 0.15) is 11.2 Å². The molecular weight excluding hydrogens is 464 g/mol. The van der Waals surface area contributed by atoms with Gasteiger partial charge in [-0.3, -0.25) is 0 Å². The average molecular weight is 491 g/mol. The summed E-state index contributed by atoms with van der Waals surface area (Å²) in [7, 11) is 0. The second-order valence-electron chi connectivity index (χ2n) is 9.65. The van der Waals surface area contributed by atoms with Crippen molar-refractivity contribution in [3.05, 3.63) is 139 Å². The first-order valence-electron chi connectivity index (χ1n) is 12.8. The van der Waals surface area contributed by atoms with Crippen molar-refractivity contribution >= 4 is 49.8 Å². The first-order chi connectivity index (χ1) is 18.7. The maximum Gasteiger partial charge on any atom is 0.143 e. The molecule has 7 aromatic rings. The molecule has 0 aliphatic rings. The maximum absolute atomic E-state index is 6.41. The van der Waals surface area contributed by atoms with Crippen molar-refractivity contribution in [1.82, 2.24) is 0 Å². The zero-order valence-corrected chi connectivity index (χ0v) is 20.8. The molecule has 3 heteroatoms. The van der Waals surface area contributed by atoms with Crippen LogP contribution in [0.25, 0.3) is 43.8 Å². The summed E-state index contributed by atoms with van der Waals surface area (Å²) in [5.41, 5.74) is 14.7. The number of nitrogen functional groups attached to an aromatic ring is 1. The molecule has 0 atom stereocenters. The van der Waals surface area contributed by atoms with Gasteiger partial charge >= 0.3 is 0 Å². The summed E-state index contributed by atoms with van der Waals surface area (Å²) in [6.45, 7) is 0.731. The average Bonchev–Trinajstić information content (AvgIpc) is 3.36. The normalized spacial score (nSPS) is 11.4. The van der Waals surface area contributed by atoms with Crippen molar-refractivity contribution in [1.29, 1.82) is 0 Å². The molecule has 0 spiro atoms. The Morgan fingerprint density at radius 3 is 2.16 bits per heavy atom. The maximum atomic E-state index is 6.41.